The van der Waals surface area contributed by atoms with Gasteiger partial charge in [0.25, 0.3) is 0 Å². The first-order chi connectivity index (χ1) is 7.11. The van der Waals surface area contributed by atoms with Crippen molar-refractivity contribution in [2.24, 2.45) is 4.99 Å². The number of hydrogen-bond donors (Lipinski definition) is 0. The third-order valence-electron chi connectivity index (χ3n) is 2.37. The van der Waals surface area contributed by atoms with Crippen molar-refractivity contribution in [3.8, 4) is 0 Å². The number of allylic oxidation sites excluding steroid dienone is 1. The zero-order chi connectivity index (χ0) is 11.4. The lowest BCUT2D eigenvalue weighted by molar-refractivity contribution is 1.07. The van der Waals surface area contributed by atoms with Gasteiger partial charge in [0.2, 0.25) is 0 Å². The van der Waals surface area contributed by atoms with E-state index < -0.39 is 0 Å². The lowest BCUT2D eigenvalue weighted by Gasteiger charge is -2.09. The van der Waals surface area contributed by atoms with Crippen LogP contribution in [0.25, 0.3) is 5.57 Å². The molecular formula is C12H17N3. The van der Waals surface area contributed by atoms with E-state index in [9.17, 15) is 0 Å². The zero-order valence-electron chi connectivity index (χ0n) is 9.83. The molecule has 0 saturated carbocycles. The second-order valence-corrected chi connectivity index (χ2v) is 3.50. The van der Waals surface area contributed by atoms with E-state index in [0.717, 1.165) is 34.7 Å². The van der Waals surface area contributed by atoms with E-state index >= 15 is 0 Å². The predicted molar refractivity (Wildman–Crippen MR) is 64.2 cm³/mol. The average molecular weight is 203 g/mol. The Morgan fingerprint density at radius 2 is 2.00 bits per heavy atom. The van der Waals surface area contributed by atoms with E-state index in [0.29, 0.717) is 0 Å². The molecule has 0 unspecified atom stereocenters. The molecule has 15 heavy (non-hydrogen) atoms. The highest BCUT2D eigenvalue weighted by Crippen LogP contribution is 2.17. The summed E-state index contributed by atoms with van der Waals surface area (Å²) in [6.45, 7) is 9.95. The quantitative estimate of drug-likeness (QED) is 0.708. The molecule has 0 spiro atoms. The van der Waals surface area contributed by atoms with Gasteiger partial charge in [-0.25, -0.2) is 9.97 Å². The first-order valence-electron chi connectivity index (χ1n) is 5.05. The summed E-state index contributed by atoms with van der Waals surface area (Å²) in [5.74, 6) is 0. The molecule has 80 valence electrons. The van der Waals surface area contributed by atoms with Crippen LogP contribution in [0.2, 0.25) is 0 Å². The molecule has 1 rings (SSSR count). The van der Waals surface area contributed by atoms with Crippen LogP contribution in [0.4, 0.5) is 0 Å². The molecule has 3 heteroatoms. The van der Waals surface area contributed by atoms with Crippen LogP contribution in [0.5, 0.6) is 0 Å². The van der Waals surface area contributed by atoms with Crippen molar-refractivity contribution in [3.63, 3.8) is 0 Å². The highest BCUT2D eigenvalue weighted by molar-refractivity contribution is 6.00. The van der Waals surface area contributed by atoms with E-state index in [4.69, 9.17) is 0 Å². The van der Waals surface area contributed by atoms with Crippen molar-refractivity contribution in [3.05, 3.63) is 29.9 Å². The number of hydrogen-bond acceptors (Lipinski definition) is 3. The molecule has 0 aliphatic heterocycles. The summed E-state index contributed by atoms with van der Waals surface area (Å²) in [6.07, 6.45) is 2.46. The Morgan fingerprint density at radius 1 is 1.40 bits per heavy atom. The van der Waals surface area contributed by atoms with Gasteiger partial charge in [0.05, 0.1) is 17.1 Å². The van der Waals surface area contributed by atoms with Gasteiger partial charge in [-0.3, -0.25) is 4.99 Å². The predicted octanol–water partition coefficient (Wildman–Crippen LogP) is 2.65. The minimum atomic E-state index is 0.879. The molecule has 0 N–H and O–H groups in total. The van der Waals surface area contributed by atoms with Crippen molar-refractivity contribution >= 4 is 11.3 Å². The number of aromatic nitrogens is 2. The van der Waals surface area contributed by atoms with Gasteiger partial charge in [0.1, 0.15) is 6.33 Å². The van der Waals surface area contributed by atoms with Crippen LogP contribution in [0.3, 0.4) is 0 Å². The Bertz CT molecular complexity index is 405. The molecule has 0 radical (unpaired) electrons. The topological polar surface area (TPSA) is 38.1 Å². The SMILES string of the molecule is C=C(C)c1ncnc(C(CC)=NC)c1C. The van der Waals surface area contributed by atoms with Gasteiger partial charge in [-0.2, -0.15) is 0 Å². The van der Waals surface area contributed by atoms with Crippen LogP contribution in [0.1, 0.15) is 37.2 Å². The Hall–Kier alpha value is -1.51. The van der Waals surface area contributed by atoms with Gasteiger partial charge in [-0.15, -0.1) is 0 Å². The minimum absolute atomic E-state index is 0.879. The molecule has 1 aromatic heterocycles. The first kappa shape index (κ1) is 11.6. The van der Waals surface area contributed by atoms with Crippen LogP contribution < -0.4 is 0 Å². The Labute approximate surface area is 91.0 Å². The van der Waals surface area contributed by atoms with E-state index in [2.05, 4.69) is 28.5 Å². The molecule has 0 atom stereocenters. The normalized spacial score (nSPS) is 11.6. The zero-order valence-corrected chi connectivity index (χ0v) is 9.83. The summed E-state index contributed by atoms with van der Waals surface area (Å²) in [5.41, 5.74) is 4.90. The summed E-state index contributed by atoms with van der Waals surface area (Å²) < 4.78 is 0. The van der Waals surface area contributed by atoms with Gasteiger partial charge in [0.15, 0.2) is 0 Å². The van der Waals surface area contributed by atoms with Crippen LogP contribution >= 0.6 is 0 Å². The van der Waals surface area contributed by atoms with Crippen molar-refractivity contribution in [2.75, 3.05) is 7.05 Å². The number of aliphatic imine (C=N–C) groups is 1. The van der Waals surface area contributed by atoms with Crippen LogP contribution in [0, 0.1) is 6.92 Å². The molecule has 0 aliphatic carbocycles. The van der Waals surface area contributed by atoms with Crippen LogP contribution in [-0.2, 0) is 0 Å². The molecular weight excluding hydrogens is 186 g/mol. The monoisotopic (exact) mass is 203 g/mol. The third-order valence-corrected chi connectivity index (χ3v) is 2.37. The molecule has 1 aromatic rings. The first-order valence-corrected chi connectivity index (χ1v) is 5.05. The maximum atomic E-state index is 4.28. The van der Waals surface area contributed by atoms with Crippen molar-refractivity contribution in [1.29, 1.82) is 0 Å². The van der Waals surface area contributed by atoms with Gasteiger partial charge >= 0.3 is 0 Å². The second-order valence-electron chi connectivity index (χ2n) is 3.50. The highest BCUT2D eigenvalue weighted by Gasteiger charge is 2.10. The molecule has 0 fully saturated rings. The Kier molecular flexibility index (Phi) is 3.72. The largest absolute Gasteiger partial charge is 0.291 e. The molecule has 0 bridgehead atoms. The highest BCUT2D eigenvalue weighted by atomic mass is 14.9. The molecule has 0 amide bonds. The van der Waals surface area contributed by atoms with Gasteiger partial charge in [-0.1, -0.05) is 13.5 Å². The summed E-state index contributed by atoms with van der Waals surface area (Å²) in [7, 11) is 1.79. The average Bonchev–Trinajstić information content (AvgIpc) is 2.21. The third kappa shape index (κ3) is 2.29. The molecule has 0 saturated heterocycles. The number of rotatable bonds is 3. The van der Waals surface area contributed by atoms with Gasteiger partial charge in [0, 0.05) is 12.6 Å². The van der Waals surface area contributed by atoms with Crippen LogP contribution in [0.15, 0.2) is 17.9 Å². The summed E-state index contributed by atoms with van der Waals surface area (Å²) in [4.78, 5) is 12.7. The lowest BCUT2D eigenvalue weighted by Crippen LogP contribution is -2.08. The summed E-state index contributed by atoms with van der Waals surface area (Å²) in [6, 6.07) is 0. The van der Waals surface area contributed by atoms with Gasteiger partial charge < -0.3 is 0 Å². The minimum Gasteiger partial charge on any atom is -0.291 e. The standard InChI is InChI=1S/C12H17N3/c1-6-10(13-5)12-9(4)11(8(2)3)14-7-15-12/h7H,2,6H2,1,3-5H3. The van der Waals surface area contributed by atoms with E-state index in [1.54, 1.807) is 13.4 Å². The summed E-state index contributed by atoms with van der Waals surface area (Å²) >= 11 is 0. The molecule has 0 aliphatic rings. The fraction of sp³-hybridized carbons (Fsp3) is 0.417. The van der Waals surface area contributed by atoms with Crippen molar-refractivity contribution in [2.45, 2.75) is 27.2 Å². The van der Waals surface area contributed by atoms with Crippen molar-refractivity contribution < 1.29 is 0 Å². The second kappa shape index (κ2) is 4.82. The molecule has 3 nitrogen and oxygen atoms in total. The maximum absolute atomic E-state index is 4.28. The smallest absolute Gasteiger partial charge is 0.116 e. The van der Waals surface area contributed by atoms with Gasteiger partial charge in [-0.05, 0) is 25.8 Å². The maximum Gasteiger partial charge on any atom is 0.116 e. The van der Waals surface area contributed by atoms with Crippen LogP contribution in [-0.4, -0.2) is 22.7 Å². The fourth-order valence-electron chi connectivity index (χ4n) is 1.60. The van der Waals surface area contributed by atoms with Crippen molar-refractivity contribution in [1.82, 2.24) is 9.97 Å². The van der Waals surface area contributed by atoms with E-state index in [-0.39, 0.29) is 0 Å². The Morgan fingerprint density at radius 3 is 2.47 bits per heavy atom. The van der Waals surface area contributed by atoms with E-state index in [1.807, 2.05) is 13.8 Å². The lowest BCUT2D eigenvalue weighted by atomic mass is 10.0. The summed E-state index contributed by atoms with van der Waals surface area (Å²) in [5, 5.41) is 0. The molecule has 1 heterocycles. The molecule has 0 aromatic carbocycles. The fourth-order valence-corrected chi connectivity index (χ4v) is 1.60. The Balaban J connectivity index is 3.32. The van der Waals surface area contributed by atoms with E-state index in [1.165, 1.54) is 0 Å². The number of nitrogens with zero attached hydrogens (tertiary/aromatic N) is 3.